The molecule has 2 rings (SSSR count). The minimum Gasteiger partial charge on any atom is -0.382 e. The second-order valence-corrected chi connectivity index (χ2v) is 4.69. The molecule has 0 radical (unpaired) electrons. The Labute approximate surface area is 98.6 Å². The van der Waals surface area contributed by atoms with E-state index in [4.69, 9.17) is 0 Å². The van der Waals surface area contributed by atoms with Crippen LogP contribution in [0.1, 0.15) is 32.1 Å². The van der Waals surface area contributed by atoms with Crippen LogP contribution in [0.15, 0.2) is 43.0 Å². The molecule has 1 aliphatic rings. The molecule has 1 heteroatoms. The van der Waals surface area contributed by atoms with Crippen molar-refractivity contribution in [3.8, 4) is 0 Å². The van der Waals surface area contributed by atoms with Crippen molar-refractivity contribution in [2.75, 3.05) is 5.32 Å². The Morgan fingerprint density at radius 1 is 1.19 bits per heavy atom. The van der Waals surface area contributed by atoms with Crippen molar-refractivity contribution in [1.29, 1.82) is 0 Å². The van der Waals surface area contributed by atoms with E-state index in [1.165, 1.54) is 31.4 Å². The van der Waals surface area contributed by atoms with Crippen molar-refractivity contribution in [3.63, 3.8) is 0 Å². The molecule has 0 spiro atoms. The molecule has 0 heterocycles. The molecule has 86 valence electrons. The monoisotopic (exact) mass is 215 g/mol. The van der Waals surface area contributed by atoms with E-state index in [2.05, 4.69) is 48.3 Å². The van der Waals surface area contributed by atoms with E-state index in [1.807, 2.05) is 0 Å². The van der Waals surface area contributed by atoms with Gasteiger partial charge in [-0.25, -0.2) is 0 Å². The van der Waals surface area contributed by atoms with Gasteiger partial charge in [-0.1, -0.05) is 37.1 Å². The first kappa shape index (κ1) is 11.3. The zero-order valence-corrected chi connectivity index (χ0v) is 9.86. The summed E-state index contributed by atoms with van der Waals surface area (Å²) in [7, 11) is 0. The molecule has 1 nitrogen and oxygen atoms in total. The number of nitrogens with one attached hydrogen (secondary N) is 1. The van der Waals surface area contributed by atoms with Gasteiger partial charge in [-0.05, 0) is 37.3 Å². The predicted octanol–water partition coefficient (Wildman–Crippen LogP) is 4.23. The van der Waals surface area contributed by atoms with Crippen molar-refractivity contribution in [3.05, 3.63) is 43.0 Å². The third kappa shape index (κ3) is 2.88. The molecule has 0 aliphatic heterocycles. The Morgan fingerprint density at radius 3 is 2.69 bits per heavy atom. The van der Waals surface area contributed by atoms with Crippen LogP contribution in [0.4, 0.5) is 5.69 Å². The van der Waals surface area contributed by atoms with Gasteiger partial charge in [0, 0.05) is 11.7 Å². The van der Waals surface area contributed by atoms with Gasteiger partial charge in [0.25, 0.3) is 0 Å². The highest BCUT2D eigenvalue weighted by molar-refractivity contribution is 5.43. The summed E-state index contributed by atoms with van der Waals surface area (Å²) in [5.41, 5.74) is 1.25. The highest BCUT2D eigenvalue weighted by Crippen LogP contribution is 2.29. The second-order valence-electron chi connectivity index (χ2n) is 4.69. The van der Waals surface area contributed by atoms with Crippen LogP contribution in [0.3, 0.4) is 0 Å². The molecule has 0 aromatic heterocycles. The lowest BCUT2D eigenvalue weighted by atomic mass is 9.82. The smallest absolute Gasteiger partial charge is 0.0342 e. The van der Waals surface area contributed by atoms with Crippen molar-refractivity contribution < 1.29 is 0 Å². The van der Waals surface area contributed by atoms with Gasteiger partial charge in [-0.2, -0.15) is 0 Å². The van der Waals surface area contributed by atoms with Gasteiger partial charge in [0.2, 0.25) is 0 Å². The molecule has 0 amide bonds. The van der Waals surface area contributed by atoms with E-state index in [0.29, 0.717) is 6.04 Å². The van der Waals surface area contributed by atoms with Crippen molar-refractivity contribution in [1.82, 2.24) is 0 Å². The lowest BCUT2D eigenvalue weighted by molar-refractivity contribution is 0.328. The molecule has 2 atom stereocenters. The molecule has 0 saturated heterocycles. The molecule has 1 aliphatic carbocycles. The quantitative estimate of drug-likeness (QED) is 0.741. The molecule has 1 aromatic rings. The lowest BCUT2D eigenvalue weighted by Gasteiger charge is -2.32. The van der Waals surface area contributed by atoms with Crippen molar-refractivity contribution >= 4 is 5.69 Å². The molecular weight excluding hydrogens is 194 g/mol. The maximum atomic E-state index is 3.87. The van der Waals surface area contributed by atoms with Gasteiger partial charge in [0.05, 0.1) is 0 Å². The van der Waals surface area contributed by atoms with Crippen LogP contribution in [0.25, 0.3) is 0 Å². The van der Waals surface area contributed by atoms with E-state index in [1.54, 1.807) is 0 Å². The molecule has 1 aromatic carbocycles. The van der Waals surface area contributed by atoms with Crippen LogP contribution in [0, 0.1) is 5.92 Å². The van der Waals surface area contributed by atoms with E-state index >= 15 is 0 Å². The number of para-hydroxylation sites is 1. The Balaban J connectivity index is 1.98. The zero-order valence-electron chi connectivity index (χ0n) is 9.86. The summed E-state index contributed by atoms with van der Waals surface area (Å²) in [6, 6.07) is 11.2. The summed E-state index contributed by atoms with van der Waals surface area (Å²) in [5.74, 6) is 0.770. The van der Waals surface area contributed by atoms with Crippen molar-refractivity contribution in [2.24, 2.45) is 5.92 Å². The Kier molecular flexibility index (Phi) is 4.03. The van der Waals surface area contributed by atoms with Gasteiger partial charge in [-0.15, -0.1) is 6.58 Å². The van der Waals surface area contributed by atoms with E-state index in [-0.39, 0.29) is 0 Å². The fourth-order valence-electron chi connectivity index (χ4n) is 2.64. The van der Waals surface area contributed by atoms with Crippen LogP contribution in [0.5, 0.6) is 0 Å². The normalized spacial score (nSPS) is 25.0. The van der Waals surface area contributed by atoms with Gasteiger partial charge >= 0.3 is 0 Å². The Hall–Kier alpha value is -1.24. The summed E-state index contributed by atoms with van der Waals surface area (Å²) in [6.45, 7) is 3.87. The largest absolute Gasteiger partial charge is 0.382 e. The van der Waals surface area contributed by atoms with E-state index in [9.17, 15) is 0 Å². The van der Waals surface area contributed by atoms with Crippen LogP contribution in [-0.4, -0.2) is 6.04 Å². The molecule has 2 unspecified atom stereocenters. The molecule has 0 bridgehead atoms. The number of benzene rings is 1. The number of allylic oxidation sites excluding steroid dienone is 1. The maximum Gasteiger partial charge on any atom is 0.0342 e. The maximum absolute atomic E-state index is 3.87. The highest BCUT2D eigenvalue weighted by atomic mass is 14.9. The predicted molar refractivity (Wildman–Crippen MR) is 70.6 cm³/mol. The summed E-state index contributed by atoms with van der Waals surface area (Å²) in [5, 5.41) is 3.67. The highest BCUT2D eigenvalue weighted by Gasteiger charge is 2.23. The molecule has 16 heavy (non-hydrogen) atoms. The average Bonchev–Trinajstić information content (AvgIpc) is 2.33. The number of hydrogen-bond acceptors (Lipinski definition) is 1. The first-order chi connectivity index (χ1) is 7.90. The van der Waals surface area contributed by atoms with E-state index < -0.39 is 0 Å². The van der Waals surface area contributed by atoms with Crippen LogP contribution >= 0.6 is 0 Å². The fraction of sp³-hybridized carbons (Fsp3) is 0.467. The molecule has 1 N–H and O–H groups in total. The summed E-state index contributed by atoms with van der Waals surface area (Å²) in [4.78, 5) is 0. The van der Waals surface area contributed by atoms with Gasteiger partial charge < -0.3 is 5.32 Å². The zero-order chi connectivity index (χ0) is 11.2. The lowest BCUT2D eigenvalue weighted by Crippen LogP contribution is -2.31. The van der Waals surface area contributed by atoms with Gasteiger partial charge in [0.15, 0.2) is 0 Å². The SMILES string of the molecule is C=CCC1CCCCC1Nc1ccccc1. The number of anilines is 1. The second kappa shape index (κ2) is 5.74. The molecule has 1 saturated carbocycles. The van der Waals surface area contributed by atoms with Gasteiger partial charge in [-0.3, -0.25) is 0 Å². The number of hydrogen-bond donors (Lipinski definition) is 1. The molecule has 1 fully saturated rings. The first-order valence-electron chi connectivity index (χ1n) is 6.32. The van der Waals surface area contributed by atoms with Gasteiger partial charge in [0.1, 0.15) is 0 Å². The summed E-state index contributed by atoms with van der Waals surface area (Å²) < 4.78 is 0. The molecular formula is C15H21N. The van der Waals surface area contributed by atoms with Crippen LogP contribution in [0.2, 0.25) is 0 Å². The third-order valence-electron chi connectivity index (χ3n) is 3.50. The van der Waals surface area contributed by atoms with Crippen LogP contribution < -0.4 is 5.32 Å². The third-order valence-corrected chi connectivity index (χ3v) is 3.50. The minimum absolute atomic E-state index is 0.633. The van der Waals surface area contributed by atoms with E-state index in [0.717, 1.165) is 12.3 Å². The average molecular weight is 215 g/mol. The summed E-state index contributed by atoms with van der Waals surface area (Å²) in [6.07, 6.45) is 8.59. The standard InChI is InChI=1S/C15H21N/c1-2-8-13-9-6-7-12-15(13)16-14-10-4-3-5-11-14/h2-5,10-11,13,15-16H,1,6-9,12H2. The van der Waals surface area contributed by atoms with Crippen molar-refractivity contribution in [2.45, 2.75) is 38.1 Å². The Bertz CT molecular complexity index is 317. The van der Waals surface area contributed by atoms with Crippen LogP contribution in [-0.2, 0) is 0 Å². The first-order valence-corrected chi connectivity index (χ1v) is 6.32. The Morgan fingerprint density at radius 2 is 1.94 bits per heavy atom. The topological polar surface area (TPSA) is 12.0 Å². The minimum atomic E-state index is 0.633. The fourth-order valence-corrected chi connectivity index (χ4v) is 2.64. The summed E-state index contributed by atoms with van der Waals surface area (Å²) >= 11 is 0. The number of rotatable bonds is 4.